The Hall–Kier alpha value is 0.0169. The van der Waals surface area contributed by atoms with Crippen molar-refractivity contribution in [1.29, 1.82) is 0 Å². The maximum atomic E-state index is 10.6. The highest BCUT2D eigenvalue weighted by molar-refractivity contribution is 6.72. The molecule has 2 heterocycles. The summed E-state index contributed by atoms with van der Waals surface area (Å²) in [5, 5.41) is 0. The molecule has 2 unspecified atom stereocenters. The third-order valence-corrected chi connectivity index (χ3v) is 7.82. The molecule has 0 amide bonds. The zero-order chi connectivity index (χ0) is 14.3. The molecule has 0 spiro atoms. The highest BCUT2D eigenvalue weighted by atomic mass is 28.4. The Bertz CT molecular complexity index is 246. The van der Waals surface area contributed by atoms with E-state index in [9.17, 15) is 4.80 Å². The van der Waals surface area contributed by atoms with Crippen LogP contribution in [0.4, 0.5) is 0 Å². The second-order valence-corrected chi connectivity index (χ2v) is 10.0. The van der Waals surface area contributed by atoms with Crippen LogP contribution in [0.5, 0.6) is 0 Å². The van der Waals surface area contributed by atoms with Gasteiger partial charge in [-0.2, -0.15) is 0 Å². The smallest absolute Gasteiger partial charge is 0.188 e. The molecular formula is C14H28O5Si. The van der Waals surface area contributed by atoms with Crippen molar-refractivity contribution in [1.82, 2.24) is 0 Å². The summed E-state index contributed by atoms with van der Waals surface area (Å²) in [6.07, 6.45) is 2.59. The van der Waals surface area contributed by atoms with E-state index in [0.29, 0.717) is 25.4 Å². The Balaban J connectivity index is 1.45. The summed E-state index contributed by atoms with van der Waals surface area (Å²) in [5.74, 6) is 0. The van der Waals surface area contributed by atoms with E-state index in [0.717, 1.165) is 57.4 Å². The lowest BCUT2D eigenvalue weighted by atomic mass is 10.5. The fourth-order valence-electron chi connectivity index (χ4n) is 2.24. The fraction of sp³-hybridized carbons (Fsp3) is 1.00. The molecule has 0 aliphatic carbocycles. The second kappa shape index (κ2) is 8.46. The standard InChI is InChI=1S/C14H28O5Si/c1-2-20(15,7-3-5-16-9-13-11-18-13)8-4-6-17-10-14-12-19-14/h13-15H,2-12H2,1H3. The van der Waals surface area contributed by atoms with Crippen molar-refractivity contribution >= 4 is 8.32 Å². The Kier molecular flexibility index (Phi) is 6.93. The van der Waals surface area contributed by atoms with Crippen molar-refractivity contribution in [2.24, 2.45) is 0 Å². The minimum Gasteiger partial charge on any atom is -0.432 e. The minimum absolute atomic E-state index is 0.338. The van der Waals surface area contributed by atoms with E-state index in [-0.39, 0.29) is 0 Å². The van der Waals surface area contributed by atoms with Crippen molar-refractivity contribution in [2.45, 2.75) is 50.1 Å². The molecule has 2 aliphatic heterocycles. The predicted octanol–water partition coefficient (Wildman–Crippen LogP) is 1.56. The van der Waals surface area contributed by atoms with Gasteiger partial charge in [-0.3, -0.25) is 0 Å². The van der Waals surface area contributed by atoms with Gasteiger partial charge in [-0.05, 0) is 31.0 Å². The molecule has 0 aromatic heterocycles. The molecule has 2 saturated heterocycles. The lowest BCUT2D eigenvalue weighted by molar-refractivity contribution is 0.115. The molecular weight excluding hydrogens is 276 g/mol. The number of hydrogen-bond donors (Lipinski definition) is 1. The SMILES string of the molecule is CC[Si](O)(CCCOCC1CO1)CCCOCC1CO1. The quantitative estimate of drug-likeness (QED) is 0.318. The molecule has 6 heteroatoms. The van der Waals surface area contributed by atoms with Crippen LogP contribution in [0.1, 0.15) is 19.8 Å². The summed E-state index contributed by atoms with van der Waals surface area (Å²) in [7, 11) is -2.07. The molecule has 0 bridgehead atoms. The van der Waals surface area contributed by atoms with Crippen molar-refractivity contribution in [3.05, 3.63) is 0 Å². The van der Waals surface area contributed by atoms with Gasteiger partial charge >= 0.3 is 0 Å². The molecule has 0 aromatic rings. The average Bonchev–Trinajstić information content (AvgIpc) is 3.32. The monoisotopic (exact) mass is 304 g/mol. The molecule has 0 aromatic carbocycles. The summed E-state index contributed by atoms with van der Waals surface area (Å²) < 4.78 is 21.2. The van der Waals surface area contributed by atoms with E-state index in [4.69, 9.17) is 18.9 Å². The van der Waals surface area contributed by atoms with Crippen molar-refractivity contribution < 1.29 is 23.7 Å². The summed E-state index contributed by atoms with van der Waals surface area (Å²) in [6, 6.07) is 2.78. The van der Waals surface area contributed by atoms with Gasteiger partial charge in [0.2, 0.25) is 0 Å². The van der Waals surface area contributed by atoms with Crippen LogP contribution >= 0.6 is 0 Å². The third-order valence-electron chi connectivity index (χ3n) is 3.93. The van der Waals surface area contributed by atoms with Gasteiger partial charge in [0.1, 0.15) is 12.2 Å². The van der Waals surface area contributed by atoms with Gasteiger partial charge in [0.15, 0.2) is 8.32 Å². The van der Waals surface area contributed by atoms with Crippen LogP contribution in [0.25, 0.3) is 0 Å². The number of ether oxygens (including phenoxy) is 4. The highest BCUT2D eigenvalue weighted by Crippen LogP contribution is 2.21. The zero-order valence-corrected chi connectivity index (χ0v) is 13.5. The van der Waals surface area contributed by atoms with Crippen LogP contribution in [0, 0.1) is 0 Å². The maximum absolute atomic E-state index is 10.6. The number of hydrogen-bond acceptors (Lipinski definition) is 5. The Morgan fingerprint density at radius 1 is 1.00 bits per heavy atom. The first-order chi connectivity index (χ1) is 9.72. The second-order valence-electron chi connectivity index (χ2n) is 5.85. The predicted molar refractivity (Wildman–Crippen MR) is 78.4 cm³/mol. The van der Waals surface area contributed by atoms with Gasteiger partial charge in [0, 0.05) is 13.2 Å². The summed E-state index contributed by atoms with van der Waals surface area (Å²) in [5.41, 5.74) is 0. The first-order valence-electron chi connectivity index (χ1n) is 7.83. The van der Waals surface area contributed by atoms with Gasteiger partial charge in [-0.1, -0.05) is 6.92 Å². The molecule has 5 nitrogen and oxygen atoms in total. The topological polar surface area (TPSA) is 63.8 Å². The highest BCUT2D eigenvalue weighted by Gasteiger charge is 2.28. The Morgan fingerprint density at radius 2 is 1.45 bits per heavy atom. The van der Waals surface area contributed by atoms with Crippen LogP contribution in [0.2, 0.25) is 18.1 Å². The first-order valence-corrected chi connectivity index (χ1v) is 10.4. The van der Waals surface area contributed by atoms with Gasteiger partial charge in [0.05, 0.1) is 26.4 Å². The molecule has 1 N–H and O–H groups in total. The molecule has 0 saturated carbocycles. The van der Waals surface area contributed by atoms with Crippen molar-refractivity contribution in [3.8, 4) is 0 Å². The van der Waals surface area contributed by atoms with Crippen molar-refractivity contribution in [2.75, 3.05) is 39.6 Å². The van der Waals surface area contributed by atoms with Crippen LogP contribution in [-0.2, 0) is 18.9 Å². The van der Waals surface area contributed by atoms with Gasteiger partial charge in [-0.15, -0.1) is 0 Å². The van der Waals surface area contributed by atoms with Crippen LogP contribution in [-0.4, -0.2) is 65.0 Å². The normalized spacial score (nSPS) is 27.3. The zero-order valence-electron chi connectivity index (χ0n) is 12.5. The summed E-state index contributed by atoms with van der Waals surface area (Å²) in [4.78, 5) is 10.6. The van der Waals surface area contributed by atoms with Gasteiger partial charge < -0.3 is 23.7 Å². The van der Waals surface area contributed by atoms with Crippen molar-refractivity contribution in [3.63, 3.8) is 0 Å². The maximum Gasteiger partial charge on any atom is 0.188 e. The molecule has 0 radical (unpaired) electrons. The molecule has 2 atom stereocenters. The van der Waals surface area contributed by atoms with Crippen LogP contribution < -0.4 is 0 Å². The van der Waals surface area contributed by atoms with E-state index in [1.165, 1.54) is 0 Å². The largest absolute Gasteiger partial charge is 0.432 e. The Labute approximate surface area is 122 Å². The molecule has 2 rings (SSSR count). The fourth-order valence-corrected chi connectivity index (χ4v) is 4.81. The minimum atomic E-state index is -2.07. The molecule has 2 aliphatic rings. The van der Waals surface area contributed by atoms with E-state index >= 15 is 0 Å². The summed E-state index contributed by atoms with van der Waals surface area (Å²) >= 11 is 0. The van der Waals surface area contributed by atoms with Crippen LogP contribution in [0.3, 0.4) is 0 Å². The molecule has 20 heavy (non-hydrogen) atoms. The number of epoxide rings is 2. The third kappa shape index (κ3) is 7.15. The Morgan fingerprint density at radius 3 is 1.80 bits per heavy atom. The van der Waals surface area contributed by atoms with E-state index in [1.807, 2.05) is 0 Å². The van der Waals surface area contributed by atoms with E-state index in [1.54, 1.807) is 0 Å². The van der Waals surface area contributed by atoms with E-state index in [2.05, 4.69) is 6.92 Å². The van der Waals surface area contributed by atoms with Gasteiger partial charge in [0.25, 0.3) is 0 Å². The lowest BCUT2D eigenvalue weighted by Gasteiger charge is -2.23. The van der Waals surface area contributed by atoms with E-state index < -0.39 is 8.32 Å². The van der Waals surface area contributed by atoms with Gasteiger partial charge in [-0.25, -0.2) is 0 Å². The molecule has 2 fully saturated rings. The summed E-state index contributed by atoms with van der Waals surface area (Å²) in [6.45, 7) is 6.70. The average molecular weight is 304 g/mol. The van der Waals surface area contributed by atoms with Crippen LogP contribution in [0.15, 0.2) is 0 Å². The first kappa shape index (κ1) is 16.4. The lowest BCUT2D eigenvalue weighted by Crippen LogP contribution is -2.33. The molecule has 118 valence electrons. The number of rotatable bonds is 13.